The number of hydrogen-bond acceptors (Lipinski definition) is 5. The smallest absolute Gasteiger partial charge is 0.316 e. The summed E-state index contributed by atoms with van der Waals surface area (Å²) in [5.74, 6) is -1.90. The third-order valence-corrected chi connectivity index (χ3v) is 7.96. The number of fused-ring (bicyclic) bond motifs is 1. The maximum absolute atomic E-state index is 12.9. The summed E-state index contributed by atoms with van der Waals surface area (Å²) in [6.07, 6.45) is 3.42. The van der Waals surface area contributed by atoms with Crippen molar-refractivity contribution in [3.63, 3.8) is 0 Å². The zero-order valence-corrected chi connectivity index (χ0v) is 20.6. The Morgan fingerprint density at radius 1 is 0.971 bits per heavy atom. The lowest BCUT2D eigenvalue weighted by atomic mass is 9.81. The number of aryl methyl sites for hydroxylation is 1. The number of esters is 1. The van der Waals surface area contributed by atoms with E-state index in [-0.39, 0.29) is 47.5 Å². The monoisotopic (exact) mass is 514 g/mol. The van der Waals surface area contributed by atoms with Crippen LogP contribution in [-0.4, -0.2) is 30.2 Å². The third-order valence-electron chi connectivity index (χ3n) is 7.15. The molecule has 1 saturated carbocycles. The summed E-state index contributed by atoms with van der Waals surface area (Å²) in [6, 6.07) is 9.85. The van der Waals surface area contributed by atoms with Gasteiger partial charge < -0.3 is 9.64 Å². The van der Waals surface area contributed by atoms with Crippen LogP contribution in [0.15, 0.2) is 36.4 Å². The zero-order valence-electron chi connectivity index (χ0n) is 19.1. The van der Waals surface area contributed by atoms with Crippen molar-refractivity contribution in [2.24, 2.45) is 17.8 Å². The first-order valence-corrected chi connectivity index (χ1v) is 12.5. The molecule has 7 nitrogen and oxygen atoms in total. The van der Waals surface area contributed by atoms with Crippen LogP contribution in [0.1, 0.15) is 37.7 Å². The van der Waals surface area contributed by atoms with E-state index >= 15 is 0 Å². The van der Waals surface area contributed by atoms with Gasteiger partial charge in [-0.15, -0.1) is 0 Å². The van der Waals surface area contributed by atoms with Gasteiger partial charge in [0.1, 0.15) is 5.75 Å². The number of anilines is 2. The van der Waals surface area contributed by atoms with Gasteiger partial charge in [0.05, 0.1) is 39.2 Å². The van der Waals surface area contributed by atoms with E-state index in [9.17, 15) is 19.2 Å². The molecule has 2 saturated heterocycles. The summed E-state index contributed by atoms with van der Waals surface area (Å²) >= 11 is 12.3. The van der Waals surface area contributed by atoms with Gasteiger partial charge in [0.15, 0.2) is 0 Å². The Morgan fingerprint density at radius 2 is 1.66 bits per heavy atom. The maximum Gasteiger partial charge on any atom is 0.316 e. The number of carbonyl (C=O) groups excluding carboxylic acids is 4. The Bertz CT molecular complexity index is 1220. The quantitative estimate of drug-likeness (QED) is 0.327. The minimum absolute atomic E-state index is 0.00169. The van der Waals surface area contributed by atoms with Gasteiger partial charge >= 0.3 is 5.97 Å². The average molecular weight is 515 g/mol. The Morgan fingerprint density at radius 3 is 2.31 bits per heavy atom. The molecular weight excluding hydrogens is 491 g/mol. The van der Waals surface area contributed by atoms with E-state index in [2.05, 4.69) is 0 Å². The molecule has 9 heteroatoms. The maximum atomic E-state index is 12.9. The fraction of sp³-hybridized carbons (Fsp3) is 0.385. The highest BCUT2D eigenvalue weighted by atomic mass is 35.5. The first-order chi connectivity index (χ1) is 16.8. The molecule has 2 aliphatic heterocycles. The number of imide groups is 1. The lowest BCUT2D eigenvalue weighted by molar-refractivity contribution is -0.139. The molecule has 0 N–H and O–H groups in total. The average Bonchev–Trinajstić information content (AvgIpc) is 3.34. The largest absolute Gasteiger partial charge is 0.426 e. The summed E-state index contributed by atoms with van der Waals surface area (Å²) in [5, 5.41) is 0.585. The first-order valence-electron chi connectivity index (χ1n) is 11.7. The Kier molecular flexibility index (Phi) is 6.32. The highest BCUT2D eigenvalue weighted by Gasteiger charge is 2.49. The van der Waals surface area contributed by atoms with Gasteiger partial charge in [-0.3, -0.25) is 19.2 Å². The molecule has 2 aromatic rings. The third kappa shape index (κ3) is 4.21. The van der Waals surface area contributed by atoms with Gasteiger partial charge in [0, 0.05) is 13.0 Å². The Labute approximate surface area is 212 Å². The fourth-order valence-corrected chi connectivity index (χ4v) is 5.74. The summed E-state index contributed by atoms with van der Waals surface area (Å²) in [4.78, 5) is 54.0. The number of carbonyl (C=O) groups is 4. The Balaban J connectivity index is 1.29. The van der Waals surface area contributed by atoms with Crippen molar-refractivity contribution in [2.45, 2.75) is 39.0 Å². The van der Waals surface area contributed by atoms with Crippen LogP contribution in [0.5, 0.6) is 5.75 Å². The van der Waals surface area contributed by atoms with Crippen LogP contribution in [0, 0.1) is 24.7 Å². The number of nitrogens with zero attached hydrogens (tertiary/aromatic N) is 2. The van der Waals surface area contributed by atoms with Crippen molar-refractivity contribution in [3.8, 4) is 5.75 Å². The molecular formula is C26H24Cl2N2O5. The molecule has 2 aromatic carbocycles. The molecule has 182 valence electrons. The van der Waals surface area contributed by atoms with Crippen molar-refractivity contribution < 1.29 is 23.9 Å². The molecule has 0 radical (unpaired) electrons. The number of hydrogen-bond donors (Lipinski definition) is 0. The van der Waals surface area contributed by atoms with Gasteiger partial charge in [-0.25, -0.2) is 4.90 Å². The minimum atomic E-state index is -0.664. The van der Waals surface area contributed by atoms with Crippen LogP contribution in [0.4, 0.5) is 11.4 Å². The summed E-state index contributed by atoms with van der Waals surface area (Å²) < 4.78 is 5.57. The molecule has 0 spiro atoms. The number of amides is 3. The zero-order chi connectivity index (χ0) is 24.9. The van der Waals surface area contributed by atoms with Crippen LogP contribution in [-0.2, 0) is 19.2 Å². The van der Waals surface area contributed by atoms with Gasteiger partial charge in [0.25, 0.3) is 0 Å². The predicted octanol–water partition coefficient (Wildman–Crippen LogP) is 4.94. The van der Waals surface area contributed by atoms with Crippen molar-refractivity contribution in [1.82, 2.24) is 0 Å². The van der Waals surface area contributed by atoms with Gasteiger partial charge in [-0.2, -0.15) is 0 Å². The number of rotatable bonds is 4. The van der Waals surface area contributed by atoms with E-state index in [4.69, 9.17) is 27.9 Å². The molecule has 2 heterocycles. The van der Waals surface area contributed by atoms with Crippen LogP contribution < -0.4 is 14.5 Å². The molecule has 3 amide bonds. The van der Waals surface area contributed by atoms with E-state index < -0.39 is 11.9 Å². The summed E-state index contributed by atoms with van der Waals surface area (Å²) in [5.41, 5.74) is 1.64. The summed E-state index contributed by atoms with van der Waals surface area (Å²) in [6.45, 7) is 1.91. The van der Waals surface area contributed by atoms with Crippen molar-refractivity contribution in [1.29, 1.82) is 0 Å². The second-order valence-corrected chi connectivity index (χ2v) is 10.1. The van der Waals surface area contributed by atoms with Gasteiger partial charge in [-0.1, -0.05) is 42.1 Å². The first kappa shape index (κ1) is 23.8. The molecule has 1 aliphatic carbocycles. The standard InChI is InChI=1S/C26H24Cl2N2O5/c1-14-11-16(9-10-20(14)30-24(32)17-5-2-3-6-18(17)25(30)33)35-26(34)15-12-22(31)29(13-15)21-8-4-7-19(27)23(21)28/h4,7-11,15,17-18H,2-3,5-6,12-13H2,1H3/t15-,17-,18+/m0/s1. The lowest BCUT2D eigenvalue weighted by Gasteiger charge is -2.19. The van der Waals surface area contributed by atoms with E-state index in [0.717, 1.165) is 25.7 Å². The number of benzene rings is 2. The molecule has 5 rings (SSSR count). The van der Waals surface area contributed by atoms with Crippen molar-refractivity contribution in [2.75, 3.05) is 16.3 Å². The predicted molar refractivity (Wildman–Crippen MR) is 132 cm³/mol. The molecule has 0 unspecified atom stereocenters. The Hall–Kier alpha value is -2.90. The molecule has 35 heavy (non-hydrogen) atoms. The highest BCUT2D eigenvalue weighted by molar-refractivity contribution is 6.44. The number of ether oxygens (including phenoxy) is 1. The molecule has 0 bridgehead atoms. The van der Waals surface area contributed by atoms with Crippen molar-refractivity contribution in [3.05, 3.63) is 52.0 Å². The second-order valence-electron chi connectivity index (χ2n) is 9.36. The molecule has 3 fully saturated rings. The van der Waals surface area contributed by atoms with Crippen LogP contribution in [0.25, 0.3) is 0 Å². The minimum Gasteiger partial charge on any atom is -0.426 e. The lowest BCUT2D eigenvalue weighted by Crippen LogP contribution is -2.31. The SMILES string of the molecule is Cc1cc(OC(=O)[C@H]2CC(=O)N(c3cccc(Cl)c3Cl)C2)ccc1N1C(=O)[C@H]2CCCC[C@H]2C1=O. The molecule has 3 aliphatic rings. The highest BCUT2D eigenvalue weighted by Crippen LogP contribution is 2.41. The van der Waals surface area contributed by atoms with Crippen LogP contribution in [0.2, 0.25) is 10.0 Å². The fourth-order valence-electron chi connectivity index (χ4n) is 5.34. The normalized spacial score (nSPS) is 24.2. The molecule has 3 atom stereocenters. The second kappa shape index (κ2) is 9.28. The number of halogens is 2. The van der Waals surface area contributed by atoms with E-state index in [1.165, 1.54) is 9.80 Å². The van der Waals surface area contributed by atoms with E-state index in [1.807, 2.05) is 0 Å². The topological polar surface area (TPSA) is 84.0 Å². The van der Waals surface area contributed by atoms with Crippen LogP contribution in [0.3, 0.4) is 0 Å². The van der Waals surface area contributed by atoms with Crippen LogP contribution >= 0.6 is 23.2 Å². The van der Waals surface area contributed by atoms with Crippen molar-refractivity contribution >= 4 is 58.3 Å². The van der Waals surface area contributed by atoms with Gasteiger partial charge in [-0.05, 0) is 55.7 Å². The van der Waals surface area contributed by atoms with E-state index in [1.54, 1.807) is 43.3 Å². The van der Waals surface area contributed by atoms with E-state index in [0.29, 0.717) is 27.7 Å². The molecule has 0 aromatic heterocycles. The van der Waals surface area contributed by atoms with Gasteiger partial charge in [0.2, 0.25) is 17.7 Å². The summed E-state index contributed by atoms with van der Waals surface area (Å²) in [7, 11) is 0.